The van der Waals surface area contributed by atoms with Crippen LogP contribution in [0.2, 0.25) is 36.8 Å². The van der Waals surface area contributed by atoms with Crippen LogP contribution in [-0.4, -0.2) is 33.7 Å². The minimum absolute atomic E-state index is 0.0433. The number of rotatable bonds is 4. The van der Waals surface area contributed by atoms with Crippen molar-refractivity contribution in [3.63, 3.8) is 0 Å². The molecule has 3 rings (SSSR count). The standard InChI is InChI=1S/C24H40O2Si2/c1-24(2,3)28(6,7)26-21-17-22(19-15-11-12-16-20(19)23(21)25)27(4,5)18-13-9-8-10-14-18/h8-10,13-14,21-23,25H,11-12,15-17H2,1-7H3/t21-,22+,23+/m1/s1. The van der Waals surface area contributed by atoms with Gasteiger partial charge in [0.15, 0.2) is 8.32 Å². The zero-order valence-electron chi connectivity index (χ0n) is 19.0. The normalized spacial score (nSPS) is 26.9. The molecular weight excluding hydrogens is 376 g/mol. The molecule has 0 heterocycles. The minimum Gasteiger partial charge on any atom is -0.411 e. The highest BCUT2D eigenvalue weighted by atomic mass is 28.4. The molecule has 0 aromatic heterocycles. The van der Waals surface area contributed by atoms with E-state index in [0.29, 0.717) is 5.54 Å². The van der Waals surface area contributed by atoms with Gasteiger partial charge in [0.05, 0.1) is 14.2 Å². The number of allylic oxidation sites excluding steroid dienone is 1. The Morgan fingerprint density at radius 3 is 2.07 bits per heavy atom. The van der Waals surface area contributed by atoms with Crippen molar-refractivity contribution >= 4 is 21.6 Å². The Labute approximate surface area is 174 Å². The van der Waals surface area contributed by atoms with Gasteiger partial charge in [-0.3, -0.25) is 0 Å². The molecule has 0 bridgehead atoms. The van der Waals surface area contributed by atoms with E-state index in [2.05, 4.69) is 77.3 Å². The summed E-state index contributed by atoms with van der Waals surface area (Å²) < 4.78 is 6.84. The second-order valence-electron chi connectivity index (χ2n) is 11.0. The Hall–Kier alpha value is -0.686. The summed E-state index contributed by atoms with van der Waals surface area (Å²) in [6.45, 7) is 16.6. The second-order valence-corrected chi connectivity index (χ2v) is 20.5. The highest BCUT2D eigenvalue weighted by molar-refractivity contribution is 6.91. The molecule has 0 unspecified atom stereocenters. The van der Waals surface area contributed by atoms with Gasteiger partial charge in [-0.05, 0) is 61.4 Å². The molecule has 0 saturated carbocycles. The van der Waals surface area contributed by atoms with Crippen LogP contribution in [0.4, 0.5) is 0 Å². The minimum atomic E-state index is -1.93. The lowest BCUT2D eigenvalue weighted by atomic mass is 9.79. The number of aliphatic hydroxyl groups excluding tert-OH is 1. The summed E-state index contributed by atoms with van der Waals surface area (Å²) in [5, 5.41) is 13.0. The van der Waals surface area contributed by atoms with Crippen molar-refractivity contribution in [2.75, 3.05) is 0 Å². The van der Waals surface area contributed by atoms with E-state index in [9.17, 15) is 5.11 Å². The monoisotopic (exact) mass is 416 g/mol. The van der Waals surface area contributed by atoms with E-state index in [0.717, 1.165) is 12.8 Å². The molecule has 0 radical (unpaired) electrons. The van der Waals surface area contributed by atoms with Gasteiger partial charge in [0.1, 0.15) is 6.10 Å². The quantitative estimate of drug-likeness (QED) is 0.482. The van der Waals surface area contributed by atoms with Gasteiger partial charge in [0.2, 0.25) is 0 Å². The maximum Gasteiger partial charge on any atom is 0.192 e. The molecule has 4 heteroatoms. The Kier molecular flexibility index (Phi) is 6.18. The zero-order valence-corrected chi connectivity index (χ0v) is 21.0. The number of hydrogen-bond donors (Lipinski definition) is 1. The molecule has 28 heavy (non-hydrogen) atoms. The second kappa shape index (κ2) is 7.86. The van der Waals surface area contributed by atoms with Crippen LogP contribution in [-0.2, 0) is 4.43 Å². The predicted octanol–water partition coefficient (Wildman–Crippen LogP) is 6.00. The predicted molar refractivity (Wildman–Crippen MR) is 125 cm³/mol. The van der Waals surface area contributed by atoms with Gasteiger partial charge in [-0.25, -0.2) is 0 Å². The molecule has 0 saturated heterocycles. The molecule has 2 nitrogen and oxygen atoms in total. The average Bonchev–Trinajstić information content (AvgIpc) is 2.63. The van der Waals surface area contributed by atoms with Gasteiger partial charge in [-0.1, -0.05) is 75.0 Å². The lowest BCUT2D eigenvalue weighted by Crippen LogP contribution is -2.54. The van der Waals surface area contributed by atoms with Gasteiger partial charge in [-0.2, -0.15) is 0 Å². The third-order valence-corrected chi connectivity index (χ3v) is 16.4. The molecular formula is C24H40O2Si2. The summed E-state index contributed by atoms with van der Waals surface area (Å²) in [7, 11) is -3.64. The molecule has 1 N–H and O–H groups in total. The fourth-order valence-corrected chi connectivity index (χ4v) is 9.69. The third-order valence-electron chi connectivity index (χ3n) is 7.79. The maximum atomic E-state index is 11.3. The lowest BCUT2D eigenvalue weighted by molar-refractivity contribution is 0.0331. The molecule has 0 amide bonds. The van der Waals surface area contributed by atoms with Gasteiger partial charge < -0.3 is 9.53 Å². The first-order chi connectivity index (χ1) is 12.9. The van der Waals surface area contributed by atoms with Gasteiger partial charge >= 0.3 is 0 Å². The van der Waals surface area contributed by atoms with E-state index in [-0.39, 0.29) is 11.1 Å². The summed E-state index contributed by atoms with van der Waals surface area (Å²) in [6.07, 6.45) is 5.26. The first-order valence-electron chi connectivity index (χ1n) is 11.1. The summed E-state index contributed by atoms with van der Waals surface area (Å²) in [6, 6.07) is 11.1. The van der Waals surface area contributed by atoms with Crippen molar-refractivity contribution < 1.29 is 9.53 Å². The summed E-state index contributed by atoms with van der Waals surface area (Å²) in [5.74, 6) is 0. The van der Waals surface area contributed by atoms with Crippen molar-refractivity contribution in [1.82, 2.24) is 0 Å². The molecule has 0 aliphatic heterocycles. The molecule has 156 valence electrons. The van der Waals surface area contributed by atoms with Crippen molar-refractivity contribution in [3.8, 4) is 0 Å². The third kappa shape index (κ3) is 4.11. The van der Waals surface area contributed by atoms with Gasteiger partial charge in [0, 0.05) is 0 Å². The molecule has 2 aliphatic carbocycles. The Morgan fingerprint density at radius 1 is 0.929 bits per heavy atom. The van der Waals surface area contributed by atoms with Crippen LogP contribution in [0.25, 0.3) is 0 Å². The Balaban J connectivity index is 1.99. The molecule has 0 fully saturated rings. The SMILES string of the molecule is CC(C)(C)[Si](C)(C)O[C@@H]1C[C@H]([Si](C)(C)c2ccccc2)C2=C(CCCC2)[C@@H]1O. The summed E-state index contributed by atoms with van der Waals surface area (Å²) >= 11 is 0. The first kappa shape index (κ1) is 22.0. The van der Waals surface area contributed by atoms with Crippen LogP contribution in [0.3, 0.4) is 0 Å². The first-order valence-corrected chi connectivity index (χ1v) is 17.1. The number of hydrogen-bond acceptors (Lipinski definition) is 2. The van der Waals surface area contributed by atoms with Crippen LogP contribution >= 0.6 is 0 Å². The summed E-state index contributed by atoms with van der Waals surface area (Å²) in [5.41, 5.74) is 3.50. The largest absolute Gasteiger partial charge is 0.411 e. The topological polar surface area (TPSA) is 29.5 Å². The number of aliphatic hydroxyl groups is 1. The van der Waals surface area contributed by atoms with E-state index in [1.807, 2.05) is 0 Å². The Bertz CT molecular complexity index is 716. The van der Waals surface area contributed by atoms with Crippen LogP contribution in [0.1, 0.15) is 52.9 Å². The highest BCUT2D eigenvalue weighted by Crippen LogP contribution is 2.49. The van der Waals surface area contributed by atoms with E-state index in [1.165, 1.54) is 30.0 Å². The van der Waals surface area contributed by atoms with Crippen molar-refractivity contribution in [2.24, 2.45) is 0 Å². The van der Waals surface area contributed by atoms with Crippen LogP contribution in [0.15, 0.2) is 41.5 Å². The van der Waals surface area contributed by atoms with E-state index in [4.69, 9.17) is 4.43 Å². The molecule has 3 atom stereocenters. The maximum absolute atomic E-state index is 11.3. The molecule has 0 spiro atoms. The Morgan fingerprint density at radius 2 is 1.50 bits per heavy atom. The average molecular weight is 417 g/mol. The van der Waals surface area contributed by atoms with Crippen LogP contribution < -0.4 is 5.19 Å². The van der Waals surface area contributed by atoms with E-state index < -0.39 is 22.5 Å². The fourth-order valence-electron chi connectivity index (χ4n) is 4.88. The van der Waals surface area contributed by atoms with Gasteiger partial charge in [0.25, 0.3) is 0 Å². The van der Waals surface area contributed by atoms with Crippen molar-refractivity contribution in [2.45, 2.75) is 102 Å². The summed E-state index contributed by atoms with van der Waals surface area (Å²) in [4.78, 5) is 0. The molecule has 1 aromatic carbocycles. The lowest BCUT2D eigenvalue weighted by Gasteiger charge is -2.48. The van der Waals surface area contributed by atoms with Gasteiger partial charge in [-0.15, -0.1) is 0 Å². The van der Waals surface area contributed by atoms with Crippen LogP contribution in [0.5, 0.6) is 0 Å². The van der Waals surface area contributed by atoms with Crippen molar-refractivity contribution in [3.05, 3.63) is 41.5 Å². The van der Waals surface area contributed by atoms with E-state index >= 15 is 0 Å². The molecule has 2 aliphatic rings. The molecule has 1 aromatic rings. The van der Waals surface area contributed by atoms with E-state index in [1.54, 1.807) is 5.57 Å². The highest BCUT2D eigenvalue weighted by Gasteiger charge is 2.48. The zero-order chi connectivity index (χ0) is 20.7. The smallest absolute Gasteiger partial charge is 0.192 e. The van der Waals surface area contributed by atoms with Crippen molar-refractivity contribution in [1.29, 1.82) is 0 Å². The fraction of sp³-hybridized carbons (Fsp3) is 0.667. The number of benzene rings is 1. The van der Waals surface area contributed by atoms with Crippen LogP contribution in [0, 0.1) is 0 Å².